The molecule has 2 aromatic rings. The normalized spacial score (nSPS) is 12.8. The van der Waals surface area contributed by atoms with E-state index < -0.39 is 0 Å². The number of hydrogen-bond acceptors (Lipinski definition) is 3. The van der Waals surface area contributed by atoms with Crippen LogP contribution < -0.4 is 15.4 Å². The molecule has 6 nitrogen and oxygen atoms in total. The Morgan fingerprint density at radius 2 is 2.09 bits per heavy atom. The maximum Gasteiger partial charge on any atom is 0.191 e. The lowest BCUT2D eigenvalue weighted by Gasteiger charge is -2.17. The van der Waals surface area contributed by atoms with E-state index in [9.17, 15) is 0 Å². The molecule has 0 aliphatic carbocycles. The molecular formula is C16H22ClN5O. The van der Waals surface area contributed by atoms with E-state index >= 15 is 0 Å². The van der Waals surface area contributed by atoms with E-state index in [0.29, 0.717) is 18.1 Å². The Balaban J connectivity index is 1.75. The fourth-order valence-corrected chi connectivity index (χ4v) is 2.12. The molecule has 1 atom stereocenters. The van der Waals surface area contributed by atoms with Crippen LogP contribution in [0, 0.1) is 0 Å². The number of aliphatic imine (C=N–C) groups is 1. The van der Waals surface area contributed by atoms with Crippen molar-refractivity contribution in [1.82, 2.24) is 20.4 Å². The molecule has 1 aromatic carbocycles. The summed E-state index contributed by atoms with van der Waals surface area (Å²) in [5, 5.41) is 11.3. The molecule has 0 saturated heterocycles. The monoisotopic (exact) mass is 335 g/mol. The Labute approximate surface area is 141 Å². The summed E-state index contributed by atoms with van der Waals surface area (Å²) in [7, 11) is 3.63. The summed E-state index contributed by atoms with van der Waals surface area (Å²) < 4.78 is 7.59. The molecule has 0 aliphatic heterocycles. The minimum absolute atomic E-state index is 0.00637. The fraction of sp³-hybridized carbons (Fsp3) is 0.375. The predicted molar refractivity (Wildman–Crippen MR) is 93.0 cm³/mol. The number of halogens is 1. The van der Waals surface area contributed by atoms with Crippen LogP contribution in [-0.2, 0) is 13.6 Å². The molecule has 0 aliphatic rings. The van der Waals surface area contributed by atoms with Crippen LogP contribution in [0.3, 0.4) is 0 Å². The van der Waals surface area contributed by atoms with Crippen molar-refractivity contribution >= 4 is 17.6 Å². The van der Waals surface area contributed by atoms with Gasteiger partial charge in [-0.05, 0) is 31.2 Å². The Hall–Kier alpha value is -2.21. The summed E-state index contributed by atoms with van der Waals surface area (Å²) in [6.07, 6.45) is 3.78. The first-order valence-electron chi connectivity index (χ1n) is 7.41. The van der Waals surface area contributed by atoms with Gasteiger partial charge in [-0.2, -0.15) is 5.10 Å². The van der Waals surface area contributed by atoms with Crippen LogP contribution in [-0.4, -0.2) is 35.4 Å². The van der Waals surface area contributed by atoms with Crippen molar-refractivity contribution in [3.8, 4) is 5.75 Å². The highest BCUT2D eigenvalue weighted by molar-refractivity contribution is 6.30. The number of rotatable bonds is 6. The van der Waals surface area contributed by atoms with Crippen LogP contribution in [0.1, 0.15) is 12.5 Å². The van der Waals surface area contributed by atoms with Gasteiger partial charge < -0.3 is 15.4 Å². The highest BCUT2D eigenvalue weighted by Gasteiger charge is 2.06. The van der Waals surface area contributed by atoms with Crippen LogP contribution >= 0.6 is 11.6 Å². The maximum absolute atomic E-state index is 5.86. The Morgan fingerprint density at radius 1 is 1.35 bits per heavy atom. The van der Waals surface area contributed by atoms with Crippen LogP contribution in [0.25, 0.3) is 0 Å². The van der Waals surface area contributed by atoms with Crippen LogP contribution in [0.2, 0.25) is 5.02 Å². The minimum atomic E-state index is -0.00637. The first kappa shape index (κ1) is 17.1. The van der Waals surface area contributed by atoms with Gasteiger partial charge in [0.1, 0.15) is 11.9 Å². The van der Waals surface area contributed by atoms with Gasteiger partial charge in [0.2, 0.25) is 0 Å². The highest BCUT2D eigenvalue weighted by Crippen LogP contribution is 2.16. The third kappa shape index (κ3) is 5.83. The smallest absolute Gasteiger partial charge is 0.191 e. The standard InChI is InChI=1S/C16H22ClN5O/c1-12(23-15-6-4-14(17)5-7-15)8-19-16(18-2)20-9-13-10-21-22(3)11-13/h4-7,10-12H,8-9H2,1-3H3,(H2,18,19,20)/t12-/m0/s1. The van der Waals surface area contributed by atoms with Gasteiger partial charge in [0.05, 0.1) is 12.7 Å². The zero-order chi connectivity index (χ0) is 16.7. The summed E-state index contributed by atoms with van der Waals surface area (Å²) in [5.41, 5.74) is 1.10. The lowest BCUT2D eigenvalue weighted by Crippen LogP contribution is -2.41. The van der Waals surface area contributed by atoms with Gasteiger partial charge in [0, 0.05) is 37.4 Å². The zero-order valence-electron chi connectivity index (χ0n) is 13.6. The minimum Gasteiger partial charge on any atom is -0.489 e. The molecule has 0 radical (unpaired) electrons. The van der Waals surface area contributed by atoms with Crippen molar-refractivity contribution in [3.05, 3.63) is 47.2 Å². The molecule has 0 saturated carbocycles. The van der Waals surface area contributed by atoms with E-state index in [1.54, 1.807) is 11.7 Å². The molecule has 1 aromatic heterocycles. The number of nitrogens with zero attached hydrogens (tertiary/aromatic N) is 3. The second-order valence-corrected chi connectivity index (χ2v) is 5.65. The lowest BCUT2D eigenvalue weighted by molar-refractivity contribution is 0.224. The van der Waals surface area contributed by atoms with Crippen molar-refractivity contribution in [1.29, 1.82) is 0 Å². The highest BCUT2D eigenvalue weighted by atomic mass is 35.5. The molecule has 0 fully saturated rings. The molecule has 0 unspecified atom stereocenters. The molecule has 124 valence electrons. The molecule has 0 amide bonds. The van der Waals surface area contributed by atoms with E-state index in [-0.39, 0.29) is 6.10 Å². The fourth-order valence-electron chi connectivity index (χ4n) is 2.00. The molecule has 2 N–H and O–H groups in total. The number of nitrogens with one attached hydrogen (secondary N) is 2. The van der Waals surface area contributed by atoms with Gasteiger partial charge >= 0.3 is 0 Å². The third-order valence-electron chi connectivity index (χ3n) is 3.15. The molecule has 1 heterocycles. The summed E-state index contributed by atoms with van der Waals surface area (Å²) >= 11 is 5.86. The summed E-state index contributed by atoms with van der Waals surface area (Å²) in [6.45, 7) is 3.30. The van der Waals surface area contributed by atoms with Gasteiger partial charge in [-0.25, -0.2) is 0 Å². The van der Waals surface area contributed by atoms with Crippen molar-refractivity contribution < 1.29 is 4.74 Å². The summed E-state index contributed by atoms with van der Waals surface area (Å²) in [4.78, 5) is 4.19. The summed E-state index contributed by atoms with van der Waals surface area (Å²) in [6, 6.07) is 7.33. The van der Waals surface area contributed by atoms with Gasteiger partial charge in [-0.1, -0.05) is 11.6 Å². The molecular weight excluding hydrogens is 314 g/mol. The molecule has 0 spiro atoms. The van der Waals surface area contributed by atoms with Crippen molar-refractivity contribution in [2.45, 2.75) is 19.6 Å². The molecule has 23 heavy (non-hydrogen) atoms. The van der Waals surface area contributed by atoms with Crippen molar-refractivity contribution in [3.63, 3.8) is 0 Å². The van der Waals surface area contributed by atoms with E-state index in [1.165, 1.54) is 0 Å². The largest absolute Gasteiger partial charge is 0.489 e. The first-order valence-corrected chi connectivity index (χ1v) is 7.79. The van der Waals surface area contributed by atoms with E-state index in [2.05, 4.69) is 20.7 Å². The van der Waals surface area contributed by atoms with E-state index in [1.807, 2.05) is 50.6 Å². The average molecular weight is 336 g/mol. The number of aryl methyl sites for hydroxylation is 1. The maximum atomic E-state index is 5.86. The quantitative estimate of drug-likeness (QED) is 0.627. The predicted octanol–water partition coefficient (Wildman–Crippen LogP) is 2.21. The van der Waals surface area contributed by atoms with Gasteiger partial charge in [0.25, 0.3) is 0 Å². The Bertz CT molecular complexity index is 638. The topological polar surface area (TPSA) is 63.5 Å². The SMILES string of the molecule is CN=C(NCc1cnn(C)c1)NC[C@H](C)Oc1ccc(Cl)cc1. The Kier molecular flexibility index (Phi) is 6.29. The average Bonchev–Trinajstić information content (AvgIpc) is 2.95. The first-order chi connectivity index (χ1) is 11.1. The second-order valence-electron chi connectivity index (χ2n) is 5.21. The molecule has 2 rings (SSSR count). The lowest BCUT2D eigenvalue weighted by atomic mass is 10.3. The van der Waals surface area contributed by atoms with E-state index in [4.69, 9.17) is 16.3 Å². The van der Waals surface area contributed by atoms with Crippen molar-refractivity contribution in [2.75, 3.05) is 13.6 Å². The van der Waals surface area contributed by atoms with Crippen LogP contribution in [0.4, 0.5) is 0 Å². The number of ether oxygens (including phenoxy) is 1. The zero-order valence-corrected chi connectivity index (χ0v) is 14.3. The number of aromatic nitrogens is 2. The molecule has 0 bridgehead atoms. The second kappa shape index (κ2) is 8.43. The van der Waals surface area contributed by atoms with Crippen molar-refractivity contribution in [2.24, 2.45) is 12.0 Å². The molecule has 7 heteroatoms. The number of benzene rings is 1. The third-order valence-corrected chi connectivity index (χ3v) is 3.40. The van der Waals surface area contributed by atoms with Gasteiger partial charge in [-0.15, -0.1) is 0 Å². The van der Waals surface area contributed by atoms with Crippen LogP contribution in [0.5, 0.6) is 5.75 Å². The van der Waals surface area contributed by atoms with Crippen LogP contribution in [0.15, 0.2) is 41.7 Å². The van der Waals surface area contributed by atoms with Gasteiger partial charge in [0.15, 0.2) is 5.96 Å². The number of guanidine groups is 1. The Morgan fingerprint density at radius 3 is 2.70 bits per heavy atom. The number of hydrogen-bond donors (Lipinski definition) is 2. The van der Waals surface area contributed by atoms with E-state index in [0.717, 1.165) is 17.3 Å². The van der Waals surface area contributed by atoms with Gasteiger partial charge in [-0.3, -0.25) is 9.67 Å². The summed E-state index contributed by atoms with van der Waals surface area (Å²) in [5.74, 6) is 1.52.